The van der Waals surface area contributed by atoms with Crippen molar-refractivity contribution in [2.75, 3.05) is 23.1 Å². The van der Waals surface area contributed by atoms with Crippen LogP contribution in [0, 0.1) is 0 Å². The van der Waals surface area contributed by atoms with Crippen molar-refractivity contribution in [2.24, 2.45) is 0 Å². The Kier molecular flexibility index (Phi) is 6.99. The van der Waals surface area contributed by atoms with Gasteiger partial charge in [-0.05, 0) is 54.7 Å². The summed E-state index contributed by atoms with van der Waals surface area (Å²) in [4.78, 5) is 28.2. The molecule has 2 N–H and O–H groups in total. The van der Waals surface area contributed by atoms with Gasteiger partial charge in [-0.1, -0.05) is 38.8 Å². The van der Waals surface area contributed by atoms with Gasteiger partial charge in [0.15, 0.2) is 5.25 Å². The zero-order chi connectivity index (χ0) is 23.6. The van der Waals surface area contributed by atoms with E-state index in [0.29, 0.717) is 35.3 Å². The quantitative estimate of drug-likeness (QED) is 0.609. The number of nitrogens with one attached hydrogen (secondary N) is 2. The number of rotatable bonds is 5. The van der Waals surface area contributed by atoms with Gasteiger partial charge in [0.2, 0.25) is 11.8 Å². The summed E-state index contributed by atoms with van der Waals surface area (Å²) in [5.41, 5.74) is 2.00. The fourth-order valence-electron chi connectivity index (χ4n) is 4.03. The van der Waals surface area contributed by atoms with Crippen LogP contribution in [0.1, 0.15) is 51.0 Å². The lowest BCUT2D eigenvalue weighted by Crippen LogP contribution is -2.45. The average molecular weight is 488 g/mol. The Morgan fingerprint density at radius 2 is 1.73 bits per heavy atom. The standard InChI is InChI=1S/C24H29N3O4S2/c1-16(2)17-7-9-18(10-8-17)26-33(30,31)19-11-12-21-20(15-19)25-23(28)22(32-21)24(29)27-13-5-3-4-6-14-27/h7-12,15-16,22,26H,3-6,13-14H2,1-2H3,(H,25,28)/t22-/m1/s1. The lowest BCUT2D eigenvalue weighted by atomic mass is 10.0. The number of benzene rings is 2. The van der Waals surface area contributed by atoms with E-state index in [1.165, 1.54) is 23.9 Å². The van der Waals surface area contributed by atoms with Gasteiger partial charge in [-0.3, -0.25) is 14.3 Å². The minimum absolute atomic E-state index is 0.0485. The molecule has 4 rings (SSSR count). The summed E-state index contributed by atoms with van der Waals surface area (Å²) in [6.07, 6.45) is 4.11. The monoisotopic (exact) mass is 487 g/mol. The molecule has 2 aliphatic rings. The largest absolute Gasteiger partial charge is 0.341 e. The van der Waals surface area contributed by atoms with E-state index in [2.05, 4.69) is 23.9 Å². The Bertz CT molecular complexity index is 1140. The van der Waals surface area contributed by atoms with E-state index in [-0.39, 0.29) is 10.8 Å². The highest BCUT2D eigenvalue weighted by Crippen LogP contribution is 2.38. The van der Waals surface area contributed by atoms with Gasteiger partial charge >= 0.3 is 0 Å². The Balaban J connectivity index is 1.50. The van der Waals surface area contributed by atoms with Gasteiger partial charge in [0.1, 0.15) is 0 Å². The molecule has 2 aliphatic heterocycles. The first-order chi connectivity index (χ1) is 15.7. The smallest absolute Gasteiger partial charge is 0.261 e. The fourth-order valence-corrected chi connectivity index (χ4v) is 6.16. The summed E-state index contributed by atoms with van der Waals surface area (Å²) >= 11 is 1.18. The number of fused-ring (bicyclic) bond motifs is 1. The molecule has 2 aromatic rings. The van der Waals surface area contributed by atoms with Crippen LogP contribution < -0.4 is 10.0 Å². The second kappa shape index (κ2) is 9.77. The predicted molar refractivity (Wildman–Crippen MR) is 131 cm³/mol. The van der Waals surface area contributed by atoms with Gasteiger partial charge in [0.05, 0.1) is 10.6 Å². The van der Waals surface area contributed by atoms with E-state index in [1.54, 1.807) is 23.1 Å². The van der Waals surface area contributed by atoms with Crippen LogP contribution in [0.15, 0.2) is 52.3 Å². The zero-order valence-electron chi connectivity index (χ0n) is 18.8. The number of sulfonamides is 1. The first kappa shape index (κ1) is 23.6. The van der Waals surface area contributed by atoms with E-state index >= 15 is 0 Å². The maximum atomic E-state index is 13.0. The third-order valence-corrected chi connectivity index (χ3v) is 8.61. The molecule has 0 aliphatic carbocycles. The fraction of sp³-hybridized carbons (Fsp3) is 0.417. The minimum atomic E-state index is -3.83. The summed E-state index contributed by atoms with van der Waals surface area (Å²) in [6, 6.07) is 11.9. The second-order valence-corrected chi connectivity index (χ2v) is 11.6. The maximum Gasteiger partial charge on any atom is 0.261 e. The van der Waals surface area contributed by atoms with E-state index < -0.39 is 21.2 Å². The molecule has 0 unspecified atom stereocenters. The SMILES string of the molecule is CC(C)c1ccc(NS(=O)(=O)c2ccc3c(c2)NC(=O)[C@H](C(=O)N2CCCCCC2)S3)cc1. The van der Waals surface area contributed by atoms with E-state index in [9.17, 15) is 18.0 Å². The van der Waals surface area contributed by atoms with E-state index in [4.69, 9.17) is 0 Å². The van der Waals surface area contributed by atoms with E-state index in [0.717, 1.165) is 31.2 Å². The lowest BCUT2D eigenvalue weighted by molar-refractivity contribution is -0.133. The summed E-state index contributed by atoms with van der Waals surface area (Å²) in [6.45, 7) is 5.50. The van der Waals surface area contributed by atoms with Crippen LogP contribution in [0.25, 0.3) is 0 Å². The molecule has 7 nitrogen and oxygen atoms in total. The van der Waals surface area contributed by atoms with Crippen LogP contribution in [0.2, 0.25) is 0 Å². The van der Waals surface area contributed by atoms with E-state index in [1.807, 2.05) is 12.1 Å². The molecule has 33 heavy (non-hydrogen) atoms. The van der Waals surface area contributed by atoms with Crippen molar-refractivity contribution in [3.8, 4) is 0 Å². The van der Waals surface area contributed by atoms with Gasteiger partial charge < -0.3 is 10.2 Å². The number of amides is 2. The second-order valence-electron chi connectivity index (χ2n) is 8.77. The number of anilines is 2. The van der Waals surface area contributed by atoms with Crippen molar-refractivity contribution in [1.82, 2.24) is 4.90 Å². The maximum absolute atomic E-state index is 13.0. The number of likely N-dealkylation sites (tertiary alicyclic amines) is 1. The Labute approximate surface area is 199 Å². The van der Waals surface area contributed by atoms with Gasteiger partial charge in [0, 0.05) is 23.7 Å². The number of carbonyl (C=O) groups is 2. The molecule has 0 bridgehead atoms. The Morgan fingerprint density at radius 1 is 1.06 bits per heavy atom. The van der Waals surface area contributed by atoms with Crippen molar-refractivity contribution in [1.29, 1.82) is 0 Å². The molecule has 9 heteroatoms. The first-order valence-electron chi connectivity index (χ1n) is 11.3. The highest BCUT2D eigenvalue weighted by molar-refractivity contribution is 8.01. The molecule has 0 saturated carbocycles. The summed E-state index contributed by atoms with van der Waals surface area (Å²) in [5, 5.41) is 1.89. The van der Waals surface area contributed by atoms with Crippen LogP contribution in [-0.4, -0.2) is 43.5 Å². The van der Waals surface area contributed by atoms with Gasteiger partial charge in [-0.25, -0.2) is 8.42 Å². The molecule has 0 spiro atoms. The number of hydrogen-bond acceptors (Lipinski definition) is 5. The number of thioether (sulfide) groups is 1. The van der Waals surface area contributed by atoms with Crippen LogP contribution in [0.5, 0.6) is 0 Å². The Morgan fingerprint density at radius 3 is 2.36 bits per heavy atom. The highest BCUT2D eigenvalue weighted by Gasteiger charge is 2.36. The molecule has 0 radical (unpaired) electrons. The molecular formula is C24H29N3O4S2. The summed E-state index contributed by atoms with van der Waals surface area (Å²) in [7, 11) is -3.83. The third-order valence-electron chi connectivity index (χ3n) is 5.97. The number of carbonyl (C=O) groups excluding carboxylic acids is 2. The van der Waals surface area contributed by atoms with Crippen molar-refractivity contribution in [3.05, 3.63) is 48.0 Å². The van der Waals surface area contributed by atoms with Crippen molar-refractivity contribution in [3.63, 3.8) is 0 Å². The normalized spacial score (nSPS) is 18.9. The van der Waals surface area contributed by atoms with Crippen molar-refractivity contribution >= 4 is 45.0 Å². The topological polar surface area (TPSA) is 95.6 Å². The summed E-state index contributed by atoms with van der Waals surface area (Å²) in [5.74, 6) is -0.228. The average Bonchev–Trinajstić information content (AvgIpc) is 3.07. The molecule has 1 fully saturated rings. The van der Waals surface area contributed by atoms with Crippen LogP contribution in [-0.2, 0) is 19.6 Å². The molecular weight excluding hydrogens is 458 g/mol. The molecule has 2 heterocycles. The minimum Gasteiger partial charge on any atom is -0.341 e. The van der Waals surface area contributed by atoms with Crippen LogP contribution in [0.3, 0.4) is 0 Å². The van der Waals surface area contributed by atoms with Gasteiger partial charge in [-0.2, -0.15) is 0 Å². The molecule has 0 aromatic heterocycles. The van der Waals surface area contributed by atoms with Crippen LogP contribution in [0.4, 0.5) is 11.4 Å². The van der Waals surface area contributed by atoms with Crippen molar-refractivity contribution in [2.45, 2.75) is 60.5 Å². The number of hydrogen-bond donors (Lipinski definition) is 2. The molecule has 2 amide bonds. The predicted octanol–water partition coefficient (Wildman–Crippen LogP) is 4.43. The van der Waals surface area contributed by atoms with Crippen LogP contribution >= 0.6 is 11.8 Å². The Hall–Kier alpha value is -2.52. The number of nitrogens with zero attached hydrogens (tertiary/aromatic N) is 1. The molecule has 1 atom stereocenters. The molecule has 176 valence electrons. The third kappa shape index (κ3) is 5.35. The van der Waals surface area contributed by atoms with Crippen molar-refractivity contribution < 1.29 is 18.0 Å². The summed E-state index contributed by atoms with van der Waals surface area (Å²) < 4.78 is 28.4. The molecule has 1 saturated heterocycles. The molecule has 2 aromatic carbocycles. The zero-order valence-corrected chi connectivity index (χ0v) is 20.5. The highest BCUT2D eigenvalue weighted by atomic mass is 32.2. The van der Waals surface area contributed by atoms with Gasteiger partial charge in [-0.15, -0.1) is 11.8 Å². The first-order valence-corrected chi connectivity index (χ1v) is 13.6. The van der Waals surface area contributed by atoms with Gasteiger partial charge in [0.25, 0.3) is 10.0 Å². The lowest BCUT2D eigenvalue weighted by Gasteiger charge is -2.28.